The summed E-state index contributed by atoms with van der Waals surface area (Å²) in [5.74, 6) is 1.04. The molecule has 28 heavy (non-hydrogen) atoms. The number of Topliss-reactive ketones (excluding diaryl/α,β-unsaturated/α-hetero) is 1. The van der Waals surface area contributed by atoms with E-state index in [2.05, 4.69) is 19.2 Å². The SMILES string of the molecule is CC(=O)CCC(=O)NC1CCN(C(=O)C(C)Oc2ccc(C(C)C)cc2)CC1. The van der Waals surface area contributed by atoms with Crippen molar-refractivity contribution < 1.29 is 19.1 Å². The van der Waals surface area contributed by atoms with Gasteiger partial charge in [0.05, 0.1) is 0 Å². The fourth-order valence-electron chi connectivity index (χ4n) is 3.28. The molecule has 0 aliphatic carbocycles. The second-order valence-electron chi connectivity index (χ2n) is 7.85. The molecule has 0 bridgehead atoms. The third-order valence-corrected chi connectivity index (χ3v) is 5.08. The van der Waals surface area contributed by atoms with Crippen LogP contribution in [0.2, 0.25) is 0 Å². The van der Waals surface area contributed by atoms with Crippen molar-refractivity contribution in [3.05, 3.63) is 29.8 Å². The topological polar surface area (TPSA) is 75.7 Å². The third kappa shape index (κ3) is 6.66. The summed E-state index contributed by atoms with van der Waals surface area (Å²) in [5.41, 5.74) is 1.23. The lowest BCUT2D eigenvalue weighted by Crippen LogP contribution is -2.49. The number of nitrogens with one attached hydrogen (secondary N) is 1. The van der Waals surface area contributed by atoms with Crippen LogP contribution in [0.15, 0.2) is 24.3 Å². The predicted octanol–water partition coefficient (Wildman–Crippen LogP) is 3.05. The monoisotopic (exact) mass is 388 g/mol. The van der Waals surface area contributed by atoms with E-state index in [4.69, 9.17) is 4.74 Å². The van der Waals surface area contributed by atoms with Gasteiger partial charge in [-0.3, -0.25) is 9.59 Å². The summed E-state index contributed by atoms with van der Waals surface area (Å²) < 4.78 is 5.82. The number of amides is 2. The Morgan fingerprint density at radius 3 is 2.21 bits per heavy atom. The molecule has 1 heterocycles. The molecule has 2 rings (SSSR count). The molecule has 1 aliphatic rings. The van der Waals surface area contributed by atoms with Crippen LogP contribution in [0.25, 0.3) is 0 Å². The highest BCUT2D eigenvalue weighted by Gasteiger charge is 2.27. The minimum atomic E-state index is -0.549. The van der Waals surface area contributed by atoms with Crippen LogP contribution < -0.4 is 10.1 Å². The van der Waals surface area contributed by atoms with Gasteiger partial charge in [-0.15, -0.1) is 0 Å². The van der Waals surface area contributed by atoms with Crippen molar-refractivity contribution in [1.29, 1.82) is 0 Å². The predicted molar refractivity (Wildman–Crippen MR) is 108 cm³/mol. The molecule has 1 aromatic carbocycles. The molecule has 1 atom stereocenters. The third-order valence-electron chi connectivity index (χ3n) is 5.08. The van der Waals surface area contributed by atoms with Crippen LogP contribution in [-0.4, -0.2) is 47.7 Å². The van der Waals surface area contributed by atoms with Crippen LogP contribution in [0.5, 0.6) is 5.75 Å². The molecule has 1 aromatic rings. The van der Waals surface area contributed by atoms with E-state index >= 15 is 0 Å². The molecule has 0 spiro atoms. The summed E-state index contributed by atoms with van der Waals surface area (Å²) in [6.07, 6.45) is 1.39. The number of hydrogen-bond acceptors (Lipinski definition) is 4. The molecule has 2 amide bonds. The van der Waals surface area contributed by atoms with Gasteiger partial charge in [0.1, 0.15) is 11.5 Å². The zero-order valence-electron chi connectivity index (χ0n) is 17.4. The highest BCUT2D eigenvalue weighted by molar-refractivity contribution is 5.83. The first-order valence-corrected chi connectivity index (χ1v) is 10.1. The largest absolute Gasteiger partial charge is 0.481 e. The maximum atomic E-state index is 12.7. The highest BCUT2D eigenvalue weighted by Crippen LogP contribution is 2.20. The van der Waals surface area contributed by atoms with E-state index in [1.165, 1.54) is 12.5 Å². The smallest absolute Gasteiger partial charge is 0.263 e. The number of ether oxygens (including phenoxy) is 1. The number of ketones is 1. The summed E-state index contributed by atoms with van der Waals surface area (Å²) in [7, 11) is 0. The van der Waals surface area contributed by atoms with Crippen LogP contribution in [0.3, 0.4) is 0 Å². The summed E-state index contributed by atoms with van der Waals surface area (Å²) >= 11 is 0. The normalized spacial score (nSPS) is 16.0. The number of hydrogen-bond donors (Lipinski definition) is 1. The first-order chi connectivity index (χ1) is 13.3. The summed E-state index contributed by atoms with van der Waals surface area (Å²) in [4.78, 5) is 37.3. The maximum absolute atomic E-state index is 12.7. The fraction of sp³-hybridized carbons (Fsp3) is 0.591. The second-order valence-corrected chi connectivity index (χ2v) is 7.85. The lowest BCUT2D eigenvalue weighted by Gasteiger charge is -2.33. The number of nitrogens with zero attached hydrogens (tertiary/aromatic N) is 1. The van der Waals surface area contributed by atoms with Crippen LogP contribution in [-0.2, 0) is 14.4 Å². The number of benzene rings is 1. The van der Waals surface area contributed by atoms with Gasteiger partial charge < -0.3 is 19.7 Å². The zero-order valence-corrected chi connectivity index (χ0v) is 17.4. The fourth-order valence-corrected chi connectivity index (χ4v) is 3.28. The molecular formula is C22H32N2O4. The average Bonchev–Trinajstić information content (AvgIpc) is 2.66. The molecule has 1 aliphatic heterocycles. The molecule has 6 nitrogen and oxygen atoms in total. The van der Waals surface area contributed by atoms with Gasteiger partial charge in [-0.1, -0.05) is 26.0 Å². The van der Waals surface area contributed by atoms with E-state index in [1.807, 2.05) is 24.3 Å². The van der Waals surface area contributed by atoms with Crippen molar-refractivity contribution in [2.45, 2.75) is 71.4 Å². The first kappa shape index (κ1) is 21.9. The number of piperidine rings is 1. The average molecular weight is 389 g/mol. The molecular weight excluding hydrogens is 356 g/mol. The number of likely N-dealkylation sites (tertiary alicyclic amines) is 1. The van der Waals surface area contributed by atoms with Gasteiger partial charge in [0.15, 0.2) is 6.10 Å². The van der Waals surface area contributed by atoms with Crippen LogP contribution in [0, 0.1) is 0 Å². The molecule has 0 radical (unpaired) electrons. The lowest BCUT2D eigenvalue weighted by atomic mass is 10.0. The lowest BCUT2D eigenvalue weighted by molar-refractivity contribution is -0.139. The number of carbonyl (C=O) groups is 3. The Morgan fingerprint density at radius 1 is 1.07 bits per heavy atom. The maximum Gasteiger partial charge on any atom is 0.263 e. The first-order valence-electron chi connectivity index (χ1n) is 10.1. The van der Waals surface area contributed by atoms with Gasteiger partial charge in [-0.2, -0.15) is 0 Å². The molecule has 154 valence electrons. The van der Waals surface area contributed by atoms with E-state index in [9.17, 15) is 14.4 Å². The Bertz CT molecular complexity index is 676. The summed E-state index contributed by atoms with van der Waals surface area (Å²) in [6, 6.07) is 7.92. The van der Waals surface area contributed by atoms with E-state index < -0.39 is 6.10 Å². The van der Waals surface area contributed by atoms with Crippen molar-refractivity contribution in [1.82, 2.24) is 10.2 Å². The Hall–Kier alpha value is -2.37. The van der Waals surface area contributed by atoms with Crippen molar-refractivity contribution in [2.24, 2.45) is 0 Å². The quantitative estimate of drug-likeness (QED) is 0.743. The highest BCUT2D eigenvalue weighted by atomic mass is 16.5. The Balaban J connectivity index is 1.77. The minimum absolute atomic E-state index is 0.0170. The van der Waals surface area contributed by atoms with E-state index in [0.717, 1.165) is 0 Å². The van der Waals surface area contributed by atoms with Gasteiger partial charge in [0, 0.05) is 32.0 Å². The summed E-state index contributed by atoms with van der Waals surface area (Å²) in [5, 5.41) is 2.96. The van der Waals surface area contributed by atoms with Crippen molar-refractivity contribution in [3.8, 4) is 5.75 Å². The molecule has 1 unspecified atom stereocenters. The number of carbonyl (C=O) groups excluding carboxylic acids is 3. The van der Waals surface area contributed by atoms with Crippen LogP contribution in [0.1, 0.15) is 64.9 Å². The molecule has 0 aromatic heterocycles. The zero-order chi connectivity index (χ0) is 20.7. The molecule has 1 saturated heterocycles. The van der Waals surface area contributed by atoms with E-state index in [0.29, 0.717) is 37.6 Å². The Morgan fingerprint density at radius 2 is 1.68 bits per heavy atom. The Labute approximate surface area is 167 Å². The molecule has 1 N–H and O–H groups in total. The van der Waals surface area contributed by atoms with E-state index in [-0.39, 0.29) is 36.5 Å². The summed E-state index contributed by atoms with van der Waals surface area (Å²) in [6.45, 7) is 8.72. The minimum Gasteiger partial charge on any atom is -0.481 e. The van der Waals surface area contributed by atoms with E-state index in [1.54, 1.807) is 11.8 Å². The molecule has 6 heteroatoms. The van der Waals surface area contributed by atoms with Gasteiger partial charge in [-0.05, 0) is 50.3 Å². The van der Waals surface area contributed by atoms with Gasteiger partial charge in [0.25, 0.3) is 5.91 Å². The molecule has 0 saturated carbocycles. The number of rotatable bonds is 8. The van der Waals surface area contributed by atoms with Gasteiger partial charge in [0.2, 0.25) is 5.91 Å². The van der Waals surface area contributed by atoms with Crippen molar-refractivity contribution in [2.75, 3.05) is 13.1 Å². The van der Waals surface area contributed by atoms with Crippen molar-refractivity contribution in [3.63, 3.8) is 0 Å². The van der Waals surface area contributed by atoms with Gasteiger partial charge >= 0.3 is 0 Å². The second kappa shape index (κ2) is 10.2. The standard InChI is InChI=1S/C22H32N2O4/c1-15(2)18-6-8-20(9-7-18)28-17(4)22(27)24-13-11-19(12-14-24)23-21(26)10-5-16(3)25/h6-9,15,17,19H,5,10-14H2,1-4H3,(H,23,26). The van der Waals surface area contributed by atoms with Crippen LogP contribution >= 0.6 is 0 Å². The van der Waals surface area contributed by atoms with Crippen LogP contribution in [0.4, 0.5) is 0 Å². The molecule has 1 fully saturated rings. The van der Waals surface area contributed by atoms with Gasteiger partial charge in [-0.25, -0.2) is 0 Å². The Kier molecular flexibility index (Phi) is 8.03. The van der Waals surface area contributed by atoms with Crippen molar-refractivity contribution >= 4 is 17.6 Å².